The third-order valence-corrected chi connectivity index (χ3v) is 3.89. The molecule has 1 atom stereocenters. The fourth-order valence-corrected chi connectivity index (χ4v) is 2.75. The summed E-state index contributed by atoms with van der Waals surface area (Å²) in [5.41, 5.74) is 3.04. The molecular formula is C14H16BrN3O. The number of halogens is 1. The van der Waals surface area contributed by atoms with Gasteiger partial charge in [-0.3, -0.25) is 9.97 Å². The van der Waals surface area contributed by atoms with Crippen molar-refractivity contribution in [3.8, 4) is 0 Å². The van der Waals surface area contributed by atoms with Crippen LogP contribution in [0.2, 0.25) is 0 Å². The Kier molecular flexibility index (Phi) is 3.66. The van der Waals surface area contributed by atoms with Gasteiger partial charge in [0, 0.05) is 30.0 Å². The van der Waals surface area contributed by atoms with E-state index in [0.29, 0.717) is 6.10 Å². The van der Waals surface area contributed by atoms with E-state index < -0.39 is 0 Å². The summed E-state index contributed by atoms with van der Waals surface area (Å²) in [7, 11) is 0. The summed E-state index contributed by atoms with van der Waals surface area (Å²) in [6.45, 7) is 4.77. The van der Waals surface area contributed by atoms with Crippen LogP contribution in [0.3, 0.4) is 0 Å². The molecule has 1 fully saturated rings. The van der Waals surface area contributed by atoms with Crippen LogP contribution in [0.15, 0.2) is 29.0 Å². The lowest BCUT2D eigenvalue weighted by atomic mass is 10.2. The molecule has 19 heavy (non-hydrogen) atoms. The number of hydrogen-bond donors (Lipinski definition) is 0. The average Bonchev–Trinajstić information content (AvgIpc) is 2.46. The van der Waals surface area contributed by atoms with Crippen LogP contribution in [0.25, 0.3) is 11.0 Å². The summed E-state index contributed by atoms with van der Waals surface area (Å²) in [6.07, 6.45) is 5.03. The Balaban J connectivity index is 2.00. The van der Waals surface area contributed by atoms with Gasteiger partial charge in [0.1, 0.15) is 5.52 Å². The predicted molar refractivity (Wildman–Crippen MR) is 79.5 cm³/mol. The maximum Gasteiger partial charge on any atom is 0.112 e. The van der Waals surface area contributed by atoms with Gasteiger partial charge in [0.15, 0.2) is 0 Å². The van der Waals surface area contributed by atoms with E-state index in [-0.39, 0.29) is 0 Å². The fraction of sp³-hybridized carbons (Fsp3) is 0.429. The summed E-state index contributed by atoms with van der Waals surface area (Å²) >= 11 is 3.44. The maximum absolute atomic E-state index is 5.72. The summed E-state index contributed by atoms with van der Waals surface area (Å²) < 4.78 is 6.68. The van der Waals surface area contributed by atoms with Crippen LogP contribution in [0.5, 0.6) is 0 Å². The minimum Gasteiger partial charge on any atom is -0.375 e. The van der Waals surface area contributed by atoms with Gasteiger partial charge in [-0.15, -0.1) is 0 Å². The highest BCUT2D eigenvalue weighted by atomic mass is 79.9. The Morgan fingerprint density at radius 1 is 1.47 bits per heavy atom. The third-order valence-electron chi connectivity index (χ3n) is 3.46. The smallest absolute Gasteiger partial charge is 0.112 e. The normalized spacial score (nSPS) is 19.9. The van der Waals surface area contributed by atoms with E-state index in [0.717, 1.165) is 47.3 Å². The Morgan fingerprint density at radius 3 is 3.21 bits per heavy atom. The number of aromatic nitrogens is 2. The molecule has 4 nitrogen and oxygen atoms in total. The lowest BCUT2D eigenvalue weighted by Gasteiger charge is -2.34. The second kappa shape index (κ2) is 5.43. The van der Waals surface area contributed by atoms with Gasteiger partial charge in [-0.2, -0.15) is 0 Å². The molecule has 1 unspecified atom stereocenters. The van der Waals surface area contributed by atoms with E-state index >= 15 is 0 Å². The van der Waals surface area contributed by atoms with Crippen molar-refractivity contribution in [3.63, 3.8) is 0 Å². The van der Waals surface area contributed by atoms with E-state index in [4.69, 9.17) is 4.74 Å². The number of rotatable bonds is 2. The number of nitrogens with zero attached hydrogens (tertiary/aromatic N) is 3. The molecule has 0 radical (unpaired) electrons. The van der Waals surface area contributed by atoms with E-state index in [1.54, 1.807) is 0 Å². The second-order valence-electron chi connectivity index (χ2n) is 4.70. The molecule has 0 saturated carbocycles. The summed E-state index contributed by atoms with van der Waals surface area (Å²) in [6, 6.07) is 4.05. The van der Waals surface area contributed by atoms with Gasteiger partial charge in [-0.25, -0.2) is 0 Å². The minimum atomic E-state index is 0.312. The van der Waals surface area contributed by atoms with Crippen molar-refractivity contribution >= 4 is 32.7 Å². The van der Waals surface area contributed by atoms with Crippen LogP contribution in [0.4, 0.5) is 5.69 Å². The van der Waals surface area contributed by atoms with Gasteiger partial charge in [-0.05, 0) is 34.5 Å². The molecular weight excluding hydrogens is 306 g/mol. The average molecular weight is 322 g/mol. The summed E-state index contributed by atoms with van der Waals surface area (Å²) in [4.78, 5) is 11.3. The molecule has 100 valence electrons. The maximum atomic E-state index is 5.72. The number of ether oxygens (including phenoxy) is 1. The van der Waals surface area contributed by atoms with Crippen molar-refractivity contribution in [2.45, 2.75) is 19.4 Å². The monoisotopic (exact) mass is 321 g/mol. The first-order valence-electron chi connectivity index (χ1n) is 6.54. The number of fused-ring (bicyclic) bond motifs is 1. The zero-order valence-corrected chi connectivity index (χ0v) is 12.4. The SMILES string of the molecule is CCC1CN(c2ccnc3cc(Br)cnc23)CCO1. The number of pyridine rings is 2. The molecule has 3 rings (SSSR count). The van der Waals surface area contributed by atoms with E-state index in [1.807, 2.05) is 24.5 Å². The number of morpholine rings is 1. The predicted octanol–water partition coefficient (Wildman–Crippen LogP) is 3.01. The number of hydrogen-bond acceptors (Lipinski definition) is 4. The van der Waals surface area contributed by atoms with Crippen molar-refractivity contribution in [1.82, 2.24) is 9.97 Å². The summed E-state index contributed by atoms with van der Waals surface area (Å²) in [5.74, 6) is 0. The molecule has 1 aliphatic rings. The molecule has 2 aromatic heterocycles. The highest BCUT2D eigenvalue weighted by Gasteiger charge is 2.21. The fourth-order valence-electron chi connectivity index (χ4n) is 2.43. The zero-order chi connectivity index (χ0) is 13.2. The molecule has 1 saturated heterocycles. The minimum absolute atomic E-state index is 0.312. The van der Waals surface area contributed by atoms with Crippen molar-refractivity contribution in [2.24, 2.45) is 0 Å². The molecule has 0 amide bonds. The second-order valence-corrected chi connectivity index (χ2v) is 5.61. The number of anilines is 1. The van der Waals surface area contributed by atoms with Crippen molar-refractivity contribution in [1.29, 1.82) is 0 Å². The molecule has 3 heterocycles. The van der Waals surface area contributed by atoms with Gasteiger partial charge in [0.25, 0.3) is 0 Å². The van der Waals surface area contributed by atoms with Crippen molar-refractivity contribution < 1.29 is 4.74 Å². The Morgan fingerprint density at radius 2 is 2.37 bits per heavy atom. The molecule has 0 spiro atoms. The quantitative estimate of drug-likeness (QED) is 0.852. The molecule has 0 N–H and O–H groups in total. The Hall–Kier alpha value is -1.20. The Bertz CT molecular complexity index is 590. The van der Waals surface area contributed by atoms with Crippen LogP contribution >= 0.6 is 15.9 Å². The molecule has 2 aromatic rings. The zero-order valence-electron chi connectivity index (χ0n) is 10.8. The first kappa shape index (κ1) is 12.8. The van der Waals surface area contributed by atoms with Gasteiger partial charge in [-0.1, -0.05) is 6.92 Å². The van der Waals surface area contributed by atoms with E-state index in [9.17, 15) is 0 Å². The van der Waals surface area contributed by atoms with E-state index in [2.05, 4.69) is 37.7 Å². The van der Waals surface area contributed by atoms with Gasteiger partial charge < -0.3 is 9.64 Å². The molecule has 0 bridgehead atoms. The molecule has 0 aromatic carbocycles. The van der Waals surface area contributed by atoms with Gasteiger partial charge >= 0.3 is 0 Å². The van der Waals surface area contributed by atoms with Crippen LogP contribution < -0.4 is 4.90 Å². The molecule has 0 aliphatic carbocycles. The summed E-state index contributed by atoms with van der Waals surface area (Å²) in [5, 5.41) is 0. The van der Waals surface area contributed by atoms with Gasteiger partial charge in [0.05, 0.1) is 23.9 Å². The lowest BCUT2D eigenvalue weighted by Crippen LogP contribution is -2.42. The van der Waals surface area contributed by atoms with Crippen molar-refractivity contribution in [3.05, 3.63) is 29.0 Å². The molecule has 1 aliphatic heterocycles. The highest BCUT2D eigenvalue weighted by molar-refractivity contribution is 9.10. The molecule has 5 heteroatoms. The first-order valence-corrected chi connectivity index (χ1v) is 7.34. The van der Waals surface area contributed by atoms with E-state index in [1.165, 1.54) is 0 Å². The Labute approximate surface area is 120 Å². The van der Waals surface area contributed by atoms with Crippen LogP contribution in [-0.4, -0.2) is 35.8 Å². The van der Waals surface area contributed by atoms with Crippen molar-refractivity contribution in [2.75, 3.05) is 24.6 Å². The largest absolute Gasteiger partial charge is 0.375 e. The third kappa shape index (κ3) is 2.58. The standard InChI is InChI=1S/C14H16BrN3O/c1-2-11-9-18(5-6-19-11)13-3-4-16-12-7-10(15)8-17-14(12)13/h3-4,7-8,11H,2,5-6,9H2,1H3. The van der Waals surface area contributed by atoms with Gasteiger partial charge in [0.2, 0.25) is 0 Å². The van der Waals surface area contributed by atoms with Crippen LogP contribution in [-0.2, 0) is 4.74 Å². The first-order chi connectivity index (χ1) is 9.28. The van der Waals surface area contributed by atoms with Crippen LogP contribution in [0, 0.1) is 0 Å². The lowest BCUT2D eigenvalue weighted by molar-refractivity contribution is 0.0385. The topological polar surface area (TPSA) is 38.2 Å². The highest BCUT2D eigenvalue weighted by Crippen LogP contribution is 2.27. The van der Waals surface area contributed by atoms with Crippen LogP contribution in [0.1, 0.15) is 13.3 Å².